The summed E-state index contributed by atoms with van der Waals surface area (Å²) in [5.74, 6) is 0.765. The average Bonchev–Trinajstić information content (AvgIpc) is 3.01. The molecule has 3 aliphatic heterocycles. The second-order valence-corrected chi connectivity index (χ2v) is 10.4. The smallest absolute Gasteiger partial charge is 0.410 e. The van der Waals surface area contributed by atoms with Gasteiger partial charge in [0.2, 0.25) is 5.91 Å². The van der Waals surface area contributed by atoms with E-state index in [4.69, 9.17) is 4.74 Å². The molecule has 0 spiro atoms. The zero-order valence-electron chi connectivity index (χ0n) is 19.0. The van der Waals surface area contributed by atoms with E-state index in [2.05, 4.69) is 20.2 Å². The van der Waals surface area contributed by atoms with Gasteiger partial charge < -0.3 is 19.9 Å². The Labute approximate surface area is 193 Å². The van der Waals surface area contributed by atoms with Gasteiger partial charge in [-0.05, 0) is 52.8 Å². The van der Waals surface area contributed by atoms with Gasteiger partial charge >= 0.3 is 6.09 Å². The highest BCUT2D eigenvalue weighted by atomic mass is 32.2. The van der Waals surface area contributed by atoms with Gasteiger partial charge in [-0.1, -0.05) is 6.08 Å². The second-order valence-electron chi connectivity index (χ2n) is 9.23. The van der Waals surface area contributed by atoms with Crippen LogP contribution in [0.5, 0.6) is 0 Å². The van der Waals surface area contributed by atoms with Crippen molar-refractivity contribution in [2.45, 2.75) is 49.4 Å². The number of pyridine rings is 1. The van der Waals surface area contributed by atoms with Crippen molar-refractivity contribution in [1.29, 1.82) is 0 Å². The van der Waals surface area contributed by atoms with Crippen LogP contribution in [0, 0.1) is 0 Å². The maximum atomic E-state index is 12.7. The maximum absolute atomic E-state index is 12.7. The lowest BCUT2D eigenvalue weighted by atomic mass is 10.1. The number of nitrogens with zero attached hydrogens (tertiary/aromatic N) is 4. The van der Waals surface area contributed by atoms with E-state index >= 15 is 0 Å². The van der Waals surface area contributed by atoms with E-state index in [0.29, 0.717) is 13.1 Å². The molecule has 3 aliphatic rings. The summed E-state index contributed by atoms with van der Waals surface area (Å²) in [5, 5.41) is 2.83. The minimum absolute atomic E-state index is 0.0266. The topological polar surface area (TPSA) is 87.1 Å². The fourth-order valence-electron chi connectivity index (χ4n) is 4.00. The summed E-state index contributed by atoms with van der Waals surface area (Å²) in [7, 11) is 0. The zero-order chi connectivity index (χ0) is 22.7. The number of nitrogens with one attached hydrogen (secondary N) is 1. The summed E-state index contributed by atoms with van der Waals surface area (Å²) in [5.41, 5.74) is 1.56. The molecule has 1 N–H and O–H groups in total. The van der Waals surface area contributed by atoms with Gasteiger partial charge in [-0.25, -0.2) is 14.8 Å². The number of hydrogen-bond acceptors (Lipinski definition) is 7. The third-order valence-electron chi connectivity index (χ3n) is 5.54. The first-order valence-electron chi connectivity index (χ1n) is 11.2. The van der Waals surface area contributed by atoms with Crippen LogP contribution in [0.25, 0.3) is 5.57 Å². The van der Waals surface area contributed by atoms with E-state index in [1.165, 1.54) is 0 Å². The molecule has 1 aromatic heterocycles. The molecule has 32 heavy (non-hydrogen) atoms. The Morgan fingerprint density at radius 2 is 2.09 bits per heavy atom. The SMILES string of the molecule is CC(C)(C)OC(=O)N1CCCN(CCCNC(=O)C2C=C3C=Nc4nccc(c43)S2)CC1. The molecule has 4 heterocycles. The summed E-state index contributed by atoms with van der Waals surface area (Å²) < 4.78 is 5.49. The molecule has 1 aromatic rings. The lowest BCUT2D eigenvalue weighted by Crippen LogP contribution is -2.39. The standard InChI is InChI=1S/C23H31N5O3S/c1-23(2,3)31-22(30)28-11-5-10-27(12-13-28)9-4-7-25-21(29)18-14-16-15-26-20-19(16)17(32-18)6-8-24-20/h6,8,14-15,18H,4-5,7,9-13H2,1-3H3,(H,25,29). The third-order valence-corrected chi connectivity index (χ3v) is 6.74. The number of carbonyl (C=O) groups excluding carboxylic acids is 2. The predicted molar refractivity (Wildman–Crippen MR) is 127 cm³/mol. The van der Waals surface area contributed by atoms with Crippen molar-refractivity contribution < 1.29 is 14.3 Å². The van der Waals surface area contributed by atoms with Gasteiger partial charge in [-0.2, -0.15) is 0 Å². The first kappa shape index (κ1) is 22.8. The number of aromatic nitrogens is 1. The quantitative estimate of drug-likeness (QED) is 0.684. The highest BCUT2D eigenvalue weighted by Gasteiger charge is 2.29. The van der Waals surface area contributed by atoms with Crippen LogP contribution in [-0.4, -0.2) is 83.1 Å². The molecule has 0 radical (unpaired) electrons. The molecule has 8 nitrogen and oxygen atoms in total. The maximum Gasteiger partial charge on any atom is 0.410 e. The van der Waals surface area contributed by atoms with Crippen LogP contribution in [0.3, 0.4) is 0 Å². The van der Waals surface area contributed by atoms with Gasteiger partial charge in [0.15, 0.2) is 5.82 Å². The first-order valence-corrected chi connectivity index (χ1v) is 12.1. The minimum Gasteiger partial charge on any atom is -0.444 e. The van der Waals surface area contributed by atoms with Gasteiger partial charge in [0.1, 0.15) is 10.9 Å². The molecule has 0 saturated carbocycles. The average molecular weight is 458 g/mol. The number of thioether (sulfide) groups is 1. The second kappa shape index (κ2) is 9.62. The number of hydrogen-bond donors (Lipinski definition) is 1. The normalized spacial score (nSPS) is 20.4. The van der Waals surface area contributed by atoms with Crippen LogP contribution in [0.4, 0.5) is 10.6 Å². The Morgan fingerprint density at radius 3 is 2.91 bits per heavy atom. The Hall–Kier alpha value is -2.39. The Bertz CT molecular complexity index is 940. The van der Waals surface area contributed by atoms with Crippen molar-refractivity contribution in [3.8, 4) is 0 Å². The lowest BCUT2D eigenvalue weighted by Gasteiger charge is -2.26. The predicted octanol–water partition coefficient (Wildman–Crippen LogP) is 3.10. The fraction of sp³-hybridized carbons (Fsp3) is 0.565. The van der Waals surface area contributed by atoms with Crippen molar-refractivity contribution in [2.75, 3.05) is 39.3 Å². The molecule has 0 aliphatic carbocycles. The van der Waals surface area contributed by atoms with E-state index in [-0.39, 0.29) is 17.3 Å². The van der Waals surface area contributed by atoms with Crippen molar-refractivity contribution in [3.63, 3.8) is 0 Å². The van der Waals surface area contributed by atoms with E-state index in [9.17, 15) is 9.59 Å². The number of allylic oxidation sites excluding steroid dienone is 1. The van der Waals surface area contributed by atoms with Crippen LogP contribution >= 0.6 is 11.8 Å². The first-order chi connectivity index (χ1) is 15.3. The molecule has 9 heteroatoms. The summed E-state index contributed by atoms with van der Waals surface area (Å²) in [6.45, 7) is 10.4. The van der Waals surface area contributed by atoms with E-state index in [1.807, 2.05) is 32.9 Å². The van der Waals surface area contributed by atoms with Crippen LogP contribution in [0.15, 0.2) is 28.2 Å². The summed E-state index contributed by atoms with van der Waals surface area (Å²) in [6.07, 6.45) is 7.08. The van der Waals surface area contributed by atoms with Gasteiger partial charge in [0.05, 0.1) is 0 Å². The number of ether oxygens (including phenoxy) is 1. The molecule has 2 amide bonds. The number of amides is 2. The van der Waals surface area contributed by atoms with Gasteiger partial charge in [-0.3, -0.25) is 4.79 Å². The molecular weight excluding hydrogens is 426 g/mol. The van der Waals surface area contributed by atoms with Crippen LogP contribution in [-0.2, 0) is 9.53 Å². The minimum atomic E-state index is -0.473. The largest absolute Gasteiger partial charge is 0.444 e. The van der Waals surface area contributed by atoms with E-state index < -0.39 is 5.60 Å². The van der Waals surface area contributed by atoms with Crippen LogP contribution in [0.2, 0.25) is 0 Å². The third kappa shape index (κ3) is 5.50. The highest BCUT2D eigenvalue weighted by molar-refractivity contribution is 8.01. The van der Waals surface area contributed by atoms with Crippen molar-refractivity contribution >= 4 is 41.4 Å². The molecular formula is C23H31N5O3S. The van der Waals surface area contributed by atoms with Crippen molar-refractivity contribution in [1.82, 2.24) is 20.1 Å². The van der Waals surface area contributed by atoms with Crippen molar-refractivity contribution in [3.05, 3.63) is 23.9 Å². The van der Waals surface area contributed by atoms with E-state index in [1.54, 1.807) is 29.1 Å². The lowest BCUT2D eigenvalue weighted by molar-refractivity contribution is -0.119. The fourth-order valence-corrected chi connectivity index (χ4v) is 5.15. The number of aliphatic imine (C=N–C) groups is 1. The molecule has 1 saturated heterocycles. The monoisotopic (exact) mass is 457 g/mol. The van der Waals surface area contributed by atoms with Crippen molar-refractivity contribution in [2.24, 2.45) is 4.99 Å². The molecule has 0 aromatic carbocycles. The zero-order valence-corrected chi connectivity index (χ0v) is 19.8. The molecule has 4 rings (SSSR count). The Balaban J connectivity index is 1.19. The summed E-state index contributed by atoms with van der Waals surface area (Å²) >= 11 is 1.55. The van der Waals surface area contributed by atoms with Gasteiger partial charge in [0, 0.05) is 54.6 Å². The van der Waals surface area contributed by atoms with Gasteiger partial charge in [-0.15, -0.1) is 11.8 Å². The highest BCUT2D eigenvalue weighted by Crippen LogP contribution is 2.43. The molecule has 172 valence electrons. The number of rotatable bonds is 5. The number of carbonyl (C=O) groups is 2. The molecule has 1 atom stereocenters. The summed E-state index contributed by atoms with van der Waals surface area (Å²) in [6, 6.07) is 1.95. The van der Waals surface area contributed by atoms with Gasteiger partial charge in [0.25, 0.3) is 0 Å². The molecule has 1 unspecified atom stereocenters. The van der Waals surface area contributed by atoms with Crippen LogP contribution in [0.1, 0.15) is 39.2 Å². The molecule has 0 bridgehead atoms. The summed E-state index contributed by atoms with van der Waals surface area (Å²) in [4.78, 5) is 38.8. The Morgan fingerprint density at radius 1 is 1.25 bits per heavy atom. The Kier molecular flexibility index (Phi) is 6.85. The van der Waals surface area contributed by atoms with Crippen LogP contribution < -0.4 is 5.32 Å². The van der Waals surface area contributed by atoms with E-state index in [0.717, 1.165) is 60.9 Å². The molecule has 1 fully saturated rings.